The predicted octanol–water partition coefficient (Wildman–Crippen LogP) is 1.93. The maximum atomic E-state index is 11.7. The summed E-state index contributed by atoms with van der Waals surface area (Å²) < 4.78 is 5.49. The smallest absolute Gasteiger partial charge is 0.249 e. The average molecular weight is 234 g/mol. The average Bonchev–Trinajstić information content (AvgIpc) is 2.63. The van der Waals surface area contributed by atoms with Crippen LogP contribution in [0.15, 0.2) is 0 Å². The molecule has 0 saturated carbocycles. The van der Waals surface area contributed by atoms with Gasteiger partial charge in [-0.25, -0.2) is 0 Å². The fourth-order valence-electron chi connectivity index (χ4n) is 1.59. The molecule has 1 saturated heterocycles. The van der Waals surface area contributed by atoms with Crippen molar-refractivity contribution in [2.75, 3.05) is 5.88 Å². The number of carbonyl (C=O) groups is 1. The van der Waals surface area contributed by atoms with E-state index >= 15 is 0 Å². The molecule has 15 heavy (non-hydrogen) atoms. The number of hydrogen-bond acceptors (Lipinski definition) is 2. The van der Waals surface area contributed by atoms with E-state index in [1.807, 2.05) is 20.8 Å². The largest absolute Gasteiger partial charge is 0.365 e. The molecule has 88 valence electrons. The first-order valence-electron chi connectivity index (χ1n) is 5.56. The standard InChI is InChI=1S/C11H20ClNO2/c1-7(6-12)9(3)13-11(14)10-5-4-8(2)15-10/h7-10H,4-6H2,1-3H3,(H,13,14). The summed E-state index contributed by atoms with van der Waals surface area (Å²) in [5.41, 5.74) is 0. The molecule has 0 spiro atoms. The molecule has 4 heteroatoms. The summed E-state index contributed by atoms with van der Waals surface area (Å²) in [5.74, 6) is 0.849. The van der Waals surface area contributed by atoms with E-state index in [4.69, 9.17) is 16.3 Å². The van der Waals surface area contributed by atoms with E-state index in [2.05, 4.69) is 5.32 Å². The summed E-state index contributed by atoms with van der Waals surface area (Å²) in [5, 5.41) is 2.94. The molecular weight excluding hydrogens is 214 g/mol. The Labute approximate surface area is 96.5 Å². The Balaban J connectivity index is 2.35. The van der Waals surface area contributed by atoms with E-state index in [1.165, 1.54) is 0 Å². The quantitative estimate of drug-likeness (QED) is 0.754. The zero-order chi connectivity index (χ0) is 11.4. The van der Waals surface area contributed by atoms with E-state index in [-0.39, 0.29) is 30.1 Å². The van der Waals surface area contributed by atoms with Gasteiger partial charge in [0, 0.05) is 11.9 Å². The monoisotopic (exact) mass is 233 g/mol. The molecule has 0 aromatic carbocycles. The number of amides is 1. The lowest BCUT2D eigenvalue weighted by molar-refractivity contribution is -0.132. The molecule has 0 bridgehead atoms. The van der Waals surface area contributed by atoms with E-state index in [9.17, 15) is 4.79 Å². The first-order chi connectivity index (χ1) is 7.04. The molecule has 4 atom stereocenters. The van der Waals surface area contributed by atoms with Crippen LogP contribution >= 0.6 is 11.6 Å². The predicted molar refractivity (Wildman–Crippen MR) is 61.1 cm³/mol. The molecule has 0 aromatic heterocycles. The molecule has 3 nitrogen and oxygen atoms in total. The zero-order valence-corrected chi connectivity index (χ0v) is 10.4. The third-order valence-corrected chi connectivity index (χ3v) is 3.48. The first kappa shape index (κ1) is 12.8. The highest BCUT2D eigenvalue weighted by Crippen LogP contribution is 2.19. The van der Waals surface area contributed by atoms with Gasteiger partial charge in [-0.1, -0.05) is 6.92 Å². The molecule has 4 unspecified atom stereocenters. The van der Waals surface area contributed by atoms with Crippen LogP contribution in [0.25, 0.3) is 0 Å². The number of carbonyl (C=O) groups excluding carboxylic acids is 1. The molecule has 1 aliphatic rings. The molecule has 0 radical (unpaired) electrons. The maximum Gasteiger partial charge on any atom is 0.249 e. The van der Waals surface area contributed by atoms with Gasteiger partial charge < -0.3 is 10.1 Å². The zero-order valence-electron chi connectivity index (χ0n) is 9.63. The minimum atomic E-state index is -0.259. The molecule has 1 heterocycles. The van der Waals surface area contributed by atoms with E-state index in [1.54, 1.807) is 0 Å². The van der Waals surface area contributed by atoms with Gasteiger partial charge in [-0.05, 0) is 32.6 Å². The fourth-order valence-corrected chi connectivity index (χ4v) is 1.86. The highest BCUT2D eigenvalue weighted by molar-refractivity contribution is 6.18. The van der Waals surface area contributed by atoms with Crippen molar-refractivity contribution in [3.63, 3.8) is 0 Å². The van der Waals surface area contributed by atoms with Gasteiger partial charge in [-0.2, -0.15) is 0 Å². The van der Waals surface area contributed by atoms with Crippen molar-refractivity contribution < 1.29 is 9.53 Å². The minimum Gasteiger partial charge on any atom is -0.365 e. The second-order valence-corrected chi connectivity index (χ2v) is 4.75. The van der Waals surface area contributed by atoms with Gasteiger partial charge in [-0.15, -0.1) is 11.6 Å². The SMILES string of the molecule is CC1CCC(C(=O)NC(C)C(C)CCl)O1. The van der Waals surface area contributed by atoms with Gasteiger partial charge >= 0.3 is 0 Å². The Morgan fingerprint density at radius 2 is 2.20 bits per heavy atom. The highest BCUT2D eigenvalue weighted by Gasteiger charge is 2.29. The Bertz CT molecular complexity index is 223. The maximum absolute atomic E-state index is 11.7. The third-order valence-electron chi connectivity index (χ3n) is 2.99. The second kappa shape index (κ2) is 5.71. The van der Waals surface area contributed by atoms with E-state index in [0.717, 1.165) is 12.8 Å². The first-order valence-corrected chi connectivity index (χ1v) is 6.09. The molecule has 1 fully saturated rings. The fraction of sp³-hybridized carbons (Fsp3) is 0.909. The Hall–Kier alpha value is -0.280. The van der Waals surface area contributed by atoms with Crippen LogP contribution in [0.4, 0.5) is 0 Å². The van der Waals surface area contributed by atoms with Crippen molar-refractivity contribution in [3.05, 3.63) is 0 Å². The number of alkyl halides is 1. The van der Waals surface area contributed by atoms with E-state index in [0.29, 0.717) is 5.88 Å². The van der Waals surface area contributed by atoms with Crippen molar-refractivity contribution in [3.8, 4) is 0 Å². The van der Waals surface area contributed by atoms with Gasteiger partial charge in [0.05, 0.1) is 6.10 Å². The van der Waals surface area contributed by atoms with Crippen LogP contribution in [0.2, 0.25) is 0 Å². The summed E-state index contributed by atoms with van der Waals surface area (Å²) in [6, 6.07) is 0.106. The van der Waals surface area contributed by atoms with Crippen LogP contribution < -0.4 is 5.32 Å². The third kappa shape index (κ3) is 3.65. The number of ether oxygens (including phenoxy) is 1. The minimum absolute atomic E-state index is 0.00353. The van der Waals surface area contributed by atoms with Crippen LogP contribution in [0.1, 0.15) is 33.6 Å². The van der Waals surface area contributed by atoms with E-state index < -0.39 is 0 Å². The molecule has 0 aromatic rings. The van der Waals surface area contributed by atoms with Gasteiger partial charge in [0.1, 0.15) is 6.10 Å². The Morgan fingerprint density at radius 1 is 1.53 bits per heavy atom. The normalized spacial score (nSPS) is 29.9. The van der Waals surface area contributed by atoms with Gasteiger partial charge in [-0.3, -0.25) is 4.79 Å². The van der Waals surface area contributed by atoms with Gasteiger partial charge in [0.15, 0.2) is 0 Å². The Morgan fingerprint density at radius 3 is 2.67 bits per heavy atom. The van der Waals surface area contributed by atoms with Crippen molar-refractivity contribution in [1.29, 1.82) is 0 Å². The second-order valence-electron chi connectivity index (χ2n) is 4.44. The number of rotatable bonds is 4. The van der Waals surface area contributed by atoms with Crippen LogP contribution in [-0.4, -0.2) is 30.0 Å². The van der Waals surface area contributed by atoms with Crippen molar-refractivity contribution in [2.45, 2.75) is 51.9 Å². The summed E-state index contributed by atoms with van der Waals surface area (Å²) in [6.07, 6.45) is 1.75. The van der Waals surface area contributed by atoms with Crippen molar-refractivity contribution in [1.82, 2.24) is 5.32 Å². The van der Waals surface area contributed by atoms with Crippen LogP contribution in [0.3, 0.4) is 0 Å². The number of nitrogens with one attached hydrogen (secondary N) is 1. The summed E-state index contributed by atoms with van der Waals surface area (Å²) in [6.45, 7) is 6.00. The molecule has 1 amide bonds. The molecule has 1 N–H and O–H groups in total. The number of hydrogen-bond donors (Lipinski definition) is 1. The molecule has 1 aliphatic heterocycles. The summed E-state index contributed by atoms with van der Waals surface area (Å²) in [4.78, 5) is 11.7. The lowest BCUT2D eigenvalue weighted by atomic mass is 10.1. The number of halogens is 1. The lowest BCUT2D eigenvalue weighted by Crippen LogP contribution is -2.43. The van der Waals surface area contributed by atoms with Crippen LogP contribution in [0.5, 0.6) is 0 Å². The van der Waals surface area contributed by atoms with Crippen molar-refractivity contribution >= 4 is 17.5 Å². The molecule has 0 aliphatic carbocycles. The van der Waals surface area contributed by atoms with Crippen LogP contribution in [-0.2, 0) is 9.53 Å². The van der Waals surface area contributed by atoms with Gasteiger partial charge in [0.25, 0.3) is 0 Å². The summed E-state index contributed by atoms with van der Waals surface area (Å²) >= 11 is 5.73. The van der Waals surface area contributed by atoms with Crippen molar-refractivity contribution in [2.24, 2.45) is 5.92 Å². The topological polar surface area (TPSA) is 38.3 Å². The lowest BCUT2D eigenvalue weighted by Gasteiger charge is -2.21. The highest BCUT2D eigenvalue weighted by atomic mass is 35.5. The molecular formula is C11H20ClNO2. The van der Waals surface area contributed by atoms with Crippen LogP contribution in [0, 0.1) is 5.92 Å². The summed E-state index contributed by atoms with van der Waals surface area (Å²) in [7, 11) is 0. The Kier molecular flexibility index (Phi) is 4.87. The van der Waals surface area contributed by atoms with Gasteiger partial charge in [0.2, 0.25) is 5.91 Å². The molecule has 1 rings (SSSR count).